The molecule has 0 atom stereocenters. The molecule has 0 amide bonds. The smallest absolute Gasteiger partial charge is 0.363 e. The van der Waals surface area contributed by atoms with Crippen molar-refractivity contribution < 1.29 is 13.5 Å². The fourth-order valence-corrected chi connectivity index (χ4v) is 2.71. The molecule has 0 unspecified atom stereocenters. The number of H-pyrrole nitrogens is 1. The molecule has 15 heteroatoms. The Balaban J connectivity index is 1.63. The van der Waals surface area contributed by atoms with Crippen LogP contribution in [0.3, 0.4) is 0 Å². The molecule has 1 aromatic carbocycles. The Morgan fingerprint density at radius 2 is 2.11 bits per heavy atom. The maximum atomic E-state index is 13.5. The van der Waals surface area contributed by atoms with Crippen molar-refractivity contribution in [3.05, 3.63) is 49.5 Å². The van der Waals surface area contributed by atoms with Crippen LogP contribution < -0.4 is 16.8 Å². The van der Waals surface area contributed by atoms with Crippen molar-refractivity contribution >= 4 is 21.7 Å². The van der Waals surface area contributed by atoms with Gasteiger partial charge in [-0.25, -0.2) is 28.3 Å². The number of aromatic amines is 1. The van der Waals surface area contributed by atoms with E-state index in [0.29, 0.717) is 0 Å². The lowest BCUT2D eigenvalue weighted by molar-refractivity contribution is 0.309. The first-order valence-corrected chi connectivity index (χ1v) is 8.43. The van der Waals surface area contributed by atoms with Crippen molar-refractivity contribution in [1.29, 1.82) is 0 Å². The summed E-state index contributed by atoms with van der Waals surface area (Å²) in [6, 6.07) is 3.94. The quantitative estimate of drug-likeness (QED) is 0.411. The van der Waals surface area contributed by atoms with Crippen LogP contribution in [0.25, 0.3) is 17.2 Å². The number of anilines is 1. The minimum atomic E-state index is -0.809. The molecule has 0 spiro atoms. The van der Waals surface area contributed by atoms with Crippen LogP contribution >= 0.6 is 15.9 Å². The molecule has 0 saturated heterocycles. The molecule has 2 N–H and O–H groups in total. The fraction of sp³-hybridized carbons (Fsp3) is 0.154. The van der Waals surface area contributed by atoms with Crippen LogP contribution in [0.4, 0.5) is 10.2 Å². The van der Waals surface area contributed by atoms with Crippen molar-refractivity contribution in [2.45, 2.75) is 6.54 Å². The predicted molar refractivity (Wildman–Crippen MR) is 92.2 cm³/mol. The predicted octanol–water partition coefficient (Wildman–Crippen LogP) is 0.169. The maximum Gasteiger partial charge on any atom is 0.446 e. The van der Waals surface area contributed by atoms with Crippen molar-refractivity contribution in [3.63, 3.8) is 0 Å². The van der Waals surface area contributed by atoms with Gasteiger partial charge in [0, 0.05) is 6.54 Å². The Kier molecular flexibility index (Phi) is 4.56. The van der Waals surface area contributed by atoms with E-state index in [1.807, 2.05) is 0 Å². The van der Waals surface area contributed by atoms with Crippen LogP contribution in [0.15, 0.2) is 41.4 Å². The third-order valence-corrected chi connectivity index (χ3v) is 4.22. The molecular formula is C13H9BrFN9O4. The maximum absolute atomic E-state index is 13.5. The second kappa shape index (κ2) is 7.18. The van der Waals surface area contributed by atoms with E-state index < -0.39 is 17.3 Å². The summed E-state index contributed by atoms with van der Waals surface area (Å²) in [6.07, 6.45) is 0. The Bertz CT molecular complexity index is 1240. The van der Waals surface area contributed by atoms with Gasteiger partial charge in [0.1, 0.15) is 5.82 Å². The lowest BCUT2D eigenvalue weighted by atomic mass is 10.3. The largest absolute Gasteiger partial charge is 0.446 e. The molecule has 0 fully saturated rings. The number of halogens is 2. The average Bonchev–Trinajstić information content (AvgIpc) is 3.38. The van der Waals surface area contributed by atoms with Crippen LogP contribution in [0, 0.1) is 5.82 Å². The molecule has 144 valence electrons. The van der Waals surface area contributed by atoms with E-state index in [9.17, 15) is 14.0 Å². The van der Waals surface area contributed by atoms with Crippen molar-refractivity contribution in [3.8, 4) is 17.2 Å². The third kappa shape index (κ3) is 3.22. The summed E-state index contributed by atoms with van der Waals surface area (Å²) >= 11 is 3.06. The molecule has 4 rings (SSSR count). The molecule has 0 radical (unpaired) electrons. The number of nitrogens with zero attached hydrogens (tertiary/aromatic N) is 7. The van der Waals surface area contributed by atoms with Crippen LogP contribution in [0.2, 0.25) is 0 Å². The molecule has 13 nitrogen and oxygen atoms in total. The van der Waals surface area contributed by atoms with Crippen LogP contribution in [-0.4, -0.2) is 46.8 Å². The Morgan fingerprint density at radius 3 is 2.86 bits per heavy atom. The zero-order valence-electron chi connectivity index (χ0n) is 13.7. The molecule has 3 heterocycles. The highest BCUT2D eigenvalue weighted by Crippen LogP contribution is 2.26. The Morgan fingerprint density at radius 1 is 1.25 bits per heavy atom. The summed E-state index contributed by atoms with van der Waals surface area (Å²) in [5.41, 5.74) is -0.0936. The standard InChI is InChI=1S/C13H9BrFN9O4/c14-7-5-6(1-2-8(7)15)24-11(20-27-13(24)26)9-10(19-28-18-9)16-3-4-23-12(25)17-21-22-23/h1-2,5H,3-4H2,(H,16,19)(H,17,22,25). The minimum Gasteiger partial charge on any atom is -0.363 e. The highest BCUT2D eigenvalue weighted by molar-refractivity contribution is 9.10. The van der Waals surface area contributed by atoms with E-state index in [4.69, 9.17) is 9.15 Å². The van der Waals surface area contributed by atoms with E-state index in [-0.39, 0.29) is 40.6 Å². The number of aromatic nitrogens is 8. The highest BCUT2D eigenvalue weighted by Gasteiger charge is 2.23. The normalized spacial score (nSPS) is 11.1. The third-order valence-electron chi connectivity index (χ3n) is 3.62. The van der Waals surface area contributed by atoms with Gasteiger partial charge in [-0.05, 0) is 54.9 Å². The lowest BCUT2D eigenvalue weighted by Crippen LogP contribution is -2.22. The molecule has 0 aliphatic rings. The fourth-order valence-electron chi connectivity index (χ4n) is 2.35. The van der Waals surface area contributed by atoms with Gasteiger partial charge in [-0.3, -0.25) is 4.52 Å². The second-order valence-electron chi connectivity index (χ2n) is 5.32. The molecular weight excluding hydrogens is 445 g/mol. The lowest BCUT2D eigenvalue weighted by Gasteiger charge is -2.05. The first-order valence-electron chi connectivity index (χ1n) is 7.63. The van der Waals surface area contributed by atoms with E-state index in [0.717, 1.165) is 9.25 Å². The summed E-state index contributed by atoms with van der Waals surface area (Å²) in [6.45, 7) is 0.399. The van der Waals surface area contributed by atoms with Gasteiger partial charge in [-0.2, -0.15) is 4.68 Å². The second-order valence-corrected chi connectivity index (χ2v) is 6.18. The molecule has 0 bridgehead atoms. The summed E-state index contributed by atoms with van der Waals surface area (Å²) < 4.78 is 25.3. The van der Waals surface area contributed by atoms with E-state index >= 15 is 0 Å². The zero-order valence-corrected chi connectivity index (χ0v) is 15.3. The molecule has 28 heavy (non-hydrogen) atoms. The van der Waals surface area contributed by atoms with E-state index in [2.05, 4.69) is 52.2 Å². The van der Waals surface area contributed by atoms with Crippen molar-refractivity contribution in [2.75, 3.05) is 11.9 Å². The summed E-state index contributed by atoms with van der Waals surface area (Å²) in [5, 5.41) is 23.2. The molecule has 4 aromatic rings. The molecule has 3 aromatic heterocycles. The summed E-state index contributed by atoms with van der Waals surface area (Å²) in [4.78, 5) is 23.5. The number of nitrogens with one attached hydrogen (secondary N) is 2. The number of rotatable bonds is 6. The highest BCUT2D eigenvalue weighted by atomic mass is 79.9. The van der Waals surface area contributed by atoms with Gasteiger partial charge in [-0.1, -0.05) is 5.16 Å². The van der Waals surface area contributed by atoms with Crippen molar-refractivity contribution in [1.82, 2.24) is 40.2 Å². The monoisotopic (exact) mass is 453 g/mol. The van der Waals surface area contributed by atoms with E-state index in [1.165, 1.54) is 18.2 Å². The number of hydrogen-bond donors (Lipinski definition) is 2. The first-order chi connectivity index (χ1) is 13.5. The van der Waals surface area contributed by atoms with Crippen molar-refractivity contribution in [2.24, 2.45) is 0 Å². The molecule has 0 aliphatic heterocycles. The van der Waals surface area contributed by atoms with Crippen LogP contribution in [0.1, 0.15) is 0 Å². The topological polar surface area (TPSA) is 163 Å². The number of hydrogen-bond acceptors (Lipinski definition) is 10. The van der Waals surface area contributed by atoms with Gasteiger partial charge in [0.15, 0.2) is 5.69 Å². The summed E-state index contributed by atoms with van der Waals surface area (Å²) in [5.74, 6) is -1.16. The van der Waals surface area contributed by atoms with Gasteiger partial charge >= 0.3 is 11.4 Å². The number of tetrazole rings is 1. The number of benzene rings is 1. The summed E-state index contributed by atoms with van der Waals surface area (Å²) in [7, 11) is 0. The van der Waals surface area contributed by atoms with Gasteiger partial charge in [-0.15, -0.1) is 0 Å². The van der Waals surface area contributed by atoms with Crippen LogP contribution in [-0.2, 0) is 6.54 Å². The Hall–Kier alpha value is -3.62. The van der Waals surface area contributed by atoms with Crippen LogP contribution in [0.5, 0.6) is 0 Å². The molecule has 0 saturated carbocycles. The molecule has 0 aliphatic carbocycles. The first kappa shape index (κ1) is 17.8. The van der Waals surface area contributed by atoms with E-state index in [1.54, 1.807) is 0 Å². The SMILES string of the molecule is O=c1[nH]nnn1CCNc1nonc1-c1noc(=O)n1-c1ccc(F)c(Br)c1. The van der Waals surface area contributed by atoms with Gasteiger partial charge in [0.25, 0.3) is 0 Å². The Labute approximate surface area is 161 Å². The average molecular weight is 454 g/mol. The zero-order chi connectivity index (χ0) is 19.7. The van der Waals surface area contributed by atoms with Gasteiger partial charge < -0.3 is 5.32 Å². The minimum absolute atomic E-state index is 0.00846. The van der Waals surface area contributed by atoms with Gasteiger partial charge in [0.05, 0.1) is 16.7 Å². The van der Waals surface area contributed by atoms with Gasteiger partial charge in [0.2, 0.25) is 11.6 Å².